The Morgan fingerprint density at radius 2 is 1.19 bits per heavy atom. The van der Waals surface area contributed by atoms with Gasteiger partial charge < -0.3 is 47.4 Å². The maximum Gasteiger partial charge on any atom is 0.333 e. The normalized spacial score (nSPS) is 17.4. The van der Waals surface area contributed by atoms with Gasteiger partial charge in [0, 0.05) is 24.8 Å². The van der Waals surface area contributed by atoms with Crippen LogP contribution in [0.1, 0.15) is 62.5 Å². The van der Waals surface area contributed by atoms with Crippen molar-refractivity contribution in [2.75, 3.05) is 65.3 Å². The SMILES string of the molecule is C=CC(=O)OCOc1ccc(OC(=O)C2CCC(COc3cc(/C=N/N(CCOCCOC)c4nc5ccccc5s4)c(OCC4CCC(C(=O)Oc5ccc(OCOC(=O)C=C)cc5)CC4)cc3C)CC2)cc1. The molecule has 1 aromatic heterocycles. The minimum absolute atomic E-state index is 0.213. The molecule has 4 aromatic carbocycles. The summed E-state index contributed by atoms with van der Waals surface area (Å²) in [7, 11) is 1.64. The van der Waals surface area contributed by atoms with Gasteiger partial charge in [-0.2, -0.15) is 5.10 Å². The number of aryl methyl sites for hydroxylation is 1. The molecule has 0 amide bonds. The fraction of sp³-hybridized carbons (Fsp3) is 0.393. The minimum atomic E-state index is -0.587. The fourth-order valence-corrected chi connectivity index (χ4v) is 9.29. The Morgan fingerprint density at radius 3 is 1.72 bits per heavy atom. The van der Waals surface area contributed by atoms with E-state index in [1.54, 1.807) is 73.2 Å². The van der Waals surface area contributed by atoms with Crippen molar-refractivity contribution in [1.82, 2.24) is 4.98 Å². The number of nitrogens with zero attached hydrogens (tertiary/aromatic N) is 3. The van der Waals surface area contributed by atoms with E-state index in [-0.39, 0.29) is 49.2 Å². The standard InChI is InChI=1S/C56H63N3O14S/c1-5-52(60)70-36-68-44-19-23-46(24-20-44)72-54(62)41-15-11-39(12-16-41)34-66-49-32-43(33-57-59(27-28-65-30-29-64-4)56-58-48-9-7-8-10-51(48)74-56)50(31-38(49)3)67-35-40-13-17-42(18-14-40)55(63)73-47-25-21-45(22-26-47)69-37-71-53(61)6-2/h5-10,19-26,31-33,39-42H,1-2,11-18,27-30,34-37H2,3-4H3/b57-33+. The molecule has 0 bridgehead atoms. The van der Waals surface area contributed by atoms with Gasteiger partial charge in [0.15, 0.2) is 0 Å². The quantitative estimate of drug-likeness (QED) is 0.00918. The zero-order valence-corrected chi connectivity index (χ0v) is 42.6. The fourth-order valence-electron chi connectivity index (χ4n) is 8.34. The number of fused-ring (bicyclic) bond motifs is 1. The van der Waals surface area contributed by atoms with E-state index in [0.717, 1.165) is 64.3 Å². The van der Waals surface area contributed by atoms with Crippen LogP contribution in [0.25, 0.3) is 10.2 Å². The molecular formula is C56H63N3O14S. The second-order valence-electron chi connectivity index (χ2n) is 17.8. The number of anilines is 1. The van der Waals surface area contributed by atoms with Gasteiger partial charge in [-0.3, -0.25) is 9.59 Å². The van der Waals surface area contributed by atoms with Gasteiger partial charge in [-0.25, -0.2) is 19.6 Å². The van der Waals surface area contributed by atoms with E-state index in [1.165, 1.54) is 0 Å². The van der Waals surface area contributed by atoms with Gasteiger partial charge in [0.05, 0.1) is 67.8 Å². The Morgan fingerprint density at radius 1 is 0.662 bits per heavy atom. The van der Waals surface area contributed by atoms with Crippen LogP contribution in [0.2, 0.25) is 0 Å². The maximum absolute atomic E-state index is 13.2. The maximum atomic E-state index is 13.2. The number of carbonyl (C=O) groups excluding carboxylic acids is 4. The number of hydrogen-bond acceptors (Lipinski definition) is 18. The summed E-state index contributed by atoms with van der Waals surface area (Å²) in [5, 5.41) is 7.55. The Kier molecular flexibility index (Phi) is 20.8. The van der Waals surface area contributed by atoms with E-state index in [0.29, 0.717) is 99.8 Å². The summed E-state index contributed by atoms with van der Waals surface area (Å²) in [6.07, 6.45) is 9.75. The zero-order valence-electron chi connectivity index (χ0n) is 41.8. The molecule has 0 radical (unpaired) electrons. The van der Waals surface area contributed by atoms with Crippen LogP contribution >= 0.6 is 11.3 Å². The molecule has 18 heteroatoms. The molecular weight excluding hydrogens is 971 g/mol. The molecule has 74 heavy (non-hydrogen) atoms. The number of methoxy groups -OCH3 is 1. The molecule has 1 heterocycles. The highest BCUT2D eigenvalue weighted by atomic mass is 32.1. The molecule has 0 atom stereocenters. The number of ether oxygens (including phenoxy) is 10. The van der Waals surface area contributed by atoms with E-state index in [2.05, 4.69) is 13.2 Å². The van der Waals surface area contributed by atoms with E-state index >= 15 is 0 Å². The van der Waals surface area contributed by atoms with Gasteiger partial charge in [0.1, 0.15) is 34.5 Å². The molecule has 5 aromatic rings. The van der Waals surface area contributed by atoms with Crippen molar-refractivity contribution >= 4 is 56.8 Å². The van der Waals surface area contributed by atoms with Gasteiger partial charge >= 0.3 is 23.9 Å². The average molecular weight is 1030 g/mol. The van der Waals surface area contributed by atoms with Crippen LogP contribution in [0.15, 0.2) is 115 Å². The van der Waals surface area contributed by atoms with Gasteiger partial charge in [-0.15, -0.1) is 0 Å². The van der Waals surface area contributed by atoms with Crippen molar-refractivity contribution in [2.45, 2.75) is 58.3 Å². The Bertz CT molecular complexity index is 2640. The number of para-hydroxylation sites is 1. The summed E-state index contributed by atoms with van der Waals surface area (Å²) < 4.78 is 57.2. The van der Waals surface area contributed by atoms with Crippen molar-refractivity contribution in [3.05, 3.63) is 121 Å². The lowest BCUT2D eigenvalue weighted by atomic mass is 9.82. The molecule has 0 spiro atoms. The Hall–Kier alpha value is -7.28. The first-order valence-electron chi connectivity index (χ1n) is 24.7. The van der Waals surface area contributed by atoms with E-state index in [1.807, 2.05) is 48.3 Å². The summed E-state index contributed by atoms with van der Waals surface area (Å²) in [4.78, 5) is 53.8. The molecule has 0 N–H and O–H groups in total. The molecule has 17 nitrogen and oxygen atoms in total. The number of thiazole rings is 1. The van der Waals surface area contributed by atoms with Crippen LogP contribution in [0.5, 0.6) is 34.5 Å². The largest absolute Gasteiger partial charge is 0.493 e. The van der Waals surface area contributed by atoms with Gasteiger partial charge in [0.25, 0.3) is 0 Å². The number of benzene rings is 4. The van der Waals surface area contributed by atoms with E-state index < -0.39 is 11.9 Å². The van der Waals surface area contributed by atoms with Crippen LogP contribution in [-0.4, -0.2) is 95.4 Å². The second kappa shape index (κ2) is 28.2. The smallest absolute Gasteiger partial charge is 0.333 e. The van der Waals surface area contributed by atoms with Crippen molar-refractivity contribution in [3.8, 4) is 34.5 Å². The molecule has 392 valence electrons. The van der Waals surface area contributed by atoms with Gasteiger partial charge in [-0.1, -0.05) is 36.6 Å². The first-order chi connectivity index (χ1) is 36.1. The highest BCUT2D eigenvalue weighted by Crippen LogP contribution is 2.36. The lowest BCUT2D eigenvalue weighted by Crippen LogP contribution is -2.28. The van der Waals surface area contributed by atoms with Crippen LogP contribution in [-0.2, 0) is 38.1 Å². The highest BCUT2D eigenvalue weighted by molar-refractivity contribution is 7.22. The summed E-state index contributed by atoms with van der Waals surface area (Å²) in [5.74, 6) is 1.33. The van der Waals surface area contributed by atoms with Crippen LogP contribution < -0.4 is 33.4 Å². The number of aromatic nitrogens is 1. The lowest BCUT2D eigenvalue weighted by Gasteiger charge is -2.28. The number of hydrogen-bond donors (Lipinski definition) is 0. The van der Waals surface area contributed by atoms with Crippen LogP contribution in [0, 0.1) is 30.6 Å². The summed E-state index contributed by atoms with van der Waals surface area (Å²) in [6.45, 7) is 10.9. The van der Waals surface area contributed by atoms with Crippen molar-refractivity contribution in [3.63, 3.8) is 0 Å². The highest BCUT2D eigenvalue weighted by Gasteiger charge is 2.30. The predicted octanol–water partition coefficient (Wildman–Crippen LogP) is 9.82. The summed E-state index contributed by atoms with van der Waals surface area (Å²) in [6, 6.07) is 25.0. The number of esters is 4. The third-order valence-corrected chi connectivity index (χ3v) is 13.7. The molecule has 7 rings (SSSR count). The van der Waals surface area contributed by atoms with Crippen molar-refractivity contribution in [1.29, 1.82) is 0 Å². The van der Waals surface area contributed by atoms with E-state index in [4.69, 9.17) is 57.5 Å². The Balaban J connectivity index is 0.966. The molecule has 2 saturated carbocycles. The second-order valence-corrected chi connectivity index (χ2v) is 18.8. The van der Waals surface area contributed by atoms with Crippen molar-refractivity contribution < 1.29 is 66.5 Å². The molecule has 2 aliphatic carbocycles. The molecule has 0 unspecified atom stereocenters. The average Bonchev–Trinajstić information content (AvgIpc) is 3.86. The van der Waals surface area contributed by atoms with Crippen LogP contribution in [0.3, 0.4) is 0 Å². The minimum Gasteiger partial charge on any atom is -0.493 e. The first kappa shape index (κ1) is 54.5. The lowest BCUT2D eigenvalue weighted by molar-refractivity contribution is -0.145. The Labute approximate surface area is 434 Å². The number of rotatable bonds is 27. The summed E-state index contributed by atoms with van der Waals surface area (Å²) in [5.41, 5.74) is 2.51. The first-order valence-corrected chi connectivity index (χ1v) is 25.5. The molecule has 2 fully saturated rings. The van der Waals surface area contributed by atoms with Gasteiger partial charge in [-0.05, 0) is 148 Å². The number of hydrazone groups is 1. The third kappa shape index (κ3) is 16.6. The molecule has 0 aliphatic heterocycles. The predicted molar refractivity (Wildman–Crippen MR) is 278 cm³/mol. The molecule has 2 aliphatic rings. The summed E-state index contributed by atoms with van der Waals surface area (Å²) >= 11 is 1.55. The van der Waals surface area contributed by atoms with Crippen molar-refractivity contribution in [2.24, 2.45) is 28.8 Å². The number of carbonyl (C=O) groups is 4. The van der Waals surface area contributed by atoms with E-state index in [9.17, 15) is 19.2 Å². The monoisotopic (exact) mass is 1030 g/mol. The third-order valence-electron chi connectivity index (χ3n) is 12.6. The zero-order chi connectivity index (χ0) is 52.1. The van der Waals surface area contributed by atoms with Gasteiger partial charge in [0.2, 0.25) is 18.7 Å². The topological polar surface area (TPSA) is 189 Å². The van der Waals surface area contributed by atoms with Crippen LogP contribution in [0.4, 0.5) is 5.13 Å². The molecule has 0 saturated heterocycles.